The van der Waals surface area contributed by atoms with Gasteiger partial charge in [0.2, 0.25) is 0 Å². The summed E-state index contributed by atoms with van der Waals surface area (Å²) in [6.45, 7) is 10.9. The molecular formula is C29H57NO4. The quantitative estimate of drug-likeness (QED) is 0.117. The zero-order valence-electron chi connectivity index (χ0n) is 23.3. The summed E-state index contributed by atoms with van der Waals surface area (Å²) in [5.74, 6) is -0.0867. The maximum atomic E-state index is 12.5. The van der Waals surface area contributed by atoms with Gasteiger partial charge in [0, 0.05) is 0 Å². The van der Waals surface area contributed by atoms with Gasteiger partial charge >= 0.3 is 12.1 Å². The van der Waals surface area contributed by atoms with E-state index in [1.165, 1.54) is 89.9 Å². The third-order valence-electron chi connectivity index (χ3n) is 6.53. The summed E-state index contributed by atoms with van der Waals surface area (Å²) in [6, 6.07) is -0.647. The molecule has 0 aliphatic heterocycles. The van der Waals surface area contributed by atoms with E-state index in [2.05, 4.69) is 12.2 Å². The standard InChI is InChI=1S/C29H57NO4/c1-6-8-9-10-11-12-13-14-15-16-17-18-19-20-21-22-23-33-28(31)27(26(5)7-2)30-29(32)34-24-25(3)4/h25-27H,6-24H2,1-5H3,(H,30,32). The van der Waals surface area contributed by atoms with Gasteiger partial charge in [0.05, 0.1) is 13.2 Å². The highest BCUT2D eigenvalue weighted by Gasteiger charge is 2.28. The molecule has 5 heteroatoms. The molecular weight excluding hydrogens is 426 g/mol. The maximum absolute atomic E-state index is 12.5. The first kappa shape index (κ1) is 32.7. The molecule has 0 saturated carbocycles. The number of hydrogen-bond acceptors (Lipinski definition) is 4. The van der Waals surface area contributed by atoms with Crippen LogP contribution in [-0.2, 0) is 14.3 Å². The van der Waals surface area contributed by atoms with E-state index in [0.29, 0.717) is 13.2 Å². The predicted molar refractivity (Wildman–Crippen MR) is 143 cm³/mol. The molecule has 0 rings (SSSR count). The van der Waals surface area contributed by atoms with Gasteiger partial charge in [-0.3, -0.25) is 0 Å². The molecule has 0 spiro atoms. The van der Waals surface area contributed by atoms with Gasteiger partial charge in [0.1, 0.15) is 6.04 Å². The Balaban J connectivity index is 3.68. The molecule has 0 aromatic carbocycles. The first-order chi connectivity index (χ1) is 16.4. The summed E-state index contributed by atoms with van der Waals surface area (Å²) in [6.07, 6.45) is 21.3. The van der Waals surface area contributed by atoms with Crippen LogP contribution in [-0.4, -0.2) is 31.3 Å². The third-order valence-corrected chi connectivity index (χ3v) is 6.53. The number of hydrogen-bond donors (Lipinski definition) is 1. The topological polar surface area (TPSA) is 64.6 Å². The van der Waals surface area contributed by atoms with E-state index < -0.39 is 12.1 Å². The lowest BCUT2D eigenvalue weighted by molar-refractivity contribution is -0.147. The fraction of sp³-hybridized carbons (Fsp3) is 0.931. The monoisotopic (exact) mass is 483 g/mol. The van der Waals surface area contributed by atoms with Crippen LogP contribution in [0.2, 0.25) is 0 Å². The van der Waals surface area contributed by atoms with Crippen molar-refractivity contribution in [2.45, 2.75) is 150 Å². The number of carbonyl (C=O) groups excluding carboxylic acids is 2. The first-order valence-corrected chi connectivity index (χ1v) is 14.5. The van der Waals surface area contributed by atoms with Gasteiger partial charge in [0.15, 0.2) is 0 Å². The zero-order valence-corrected chi connectivity index (χ0v) is 23.3. The molecule has 0 aromatic heterocycles. The van der Waals surface area contributed by atoms with Gasteiger partial charge in [-0.15, -0.1) is 0 Å². The van der Waals surface area contributed by atoms with Crippen molar-refractivity contribution in [1.82, 2.24) is 5.32 Å². The Morgan fingerprint density at radius 1 is 0.647 bits per heavy atom. The van der Waals surface area contributed by atoms with Crippen LogP contribution in [0.1, 0.15) is 144 Å². The highest BCUT2D eigenvalue weighted by molar-refractivity contribution is 5.81. The molecule has 2 unspecified atom stereocenters. The second-order valence-corrected chi connectivity index (χ2v) is 10.5. The minimum absolute atomic E-state index is 0.00453. The molecule has 0 radical (unpaired) electrons. The SMILES string of the molecule is CCCCCCCCCCCCCCCCCCOC(=O)C(NC(=O)OCC(C)C)C(C)CC. The van der Waals surface area contributed by atoms with Crippen LogP contribution >= 0.6 is 0 Å². The number of amides is 1. The van der Waals surface area contributed by atoms with E-state index in [0.717, 1.165) is 19.3 Å². The molecule has 0 fully saturated rings. The average molecular weight is 484 g/mol. The fourth-order valence-corrected chi connectivity index (χ4v) is 3.99. The molecule has 5 nitrogen and oxygen atoms in total. The molecule has 0 bridgehead atoms. The van der Waals surface area contributed by atoms with Crippen molar-refractivity contribution in [2.75, 3.05) is 13.2 Å². The van der Waals surface area contributed by atoms with Crippen LogP contribution in [0.3, 0.4) is 0 Å². The van der Waals surface area contributed by atoms with Crippen molar-refractivity contribution in [2.24, 2.45) is 11.8 Å². The van der Waals surface area contributed by atoms with Crippen molar-refractivity contribution in [1.29, 1.82) is 0 Å². The van der Waals surface area contributed by atoms with E-state index in [9.17, 15) is 9.59 Å². The van der Waals surface area contributed by atoms with Crippen LogP contribution in [0.4, 0.5) is 4.79 Å². The van der Waals surface area contributed by atoms with Crippen molar-refractivity contribution in [3.8, 4) is 0 Å². The Morgan fingerprint density at radius 2 is 1.09 bits per heavy atom. The highest BCUT2D eigenvalue weighted by Crippen LogP contribution is 2.14. The Bertz CT molecular complexity index is 481. The van der Waals surface area contributed by atoms with Crippen LogP contribution in [0, 0.1) is 11.8 Å². The molecule has 34 heavy (non-hydrogen) atoms. The van der Waals surface area contributed by atoms with E-state index in [1.54, 1.807) is 0 Å². The summed E-state index contributed by atoms with van der Waals surface area (Å²) >= 11 is 0. The van der Waals surface area contributed by atoms with Crippen molar-refractivity contribution in [3.05, 3.63) is 0 Å². The summed E-state index contributed by atoms with van der Waals surface area (Å²) in [4.78, 5) is 24.5. The normalized spacial score (nSPS) is 13.0. The molecule has 0 heterocycles. The third kappa shape index (κ3) is 20.1. The molecule has 1 N–H and O–H groups in total. The van der Waals surface area contributed by atoms with Crippen LogP contribution in [0.25, 0.3) is 0 Å². The van der Waals surface area contributed by atoms with Gasteiger partial charge in [-0.25, -0.2) is 9.59 Å². The Hall–Kier alpha value is -1.26. The van der Waals surface area contributed by atoms with E-state index >= 15 is 0 Å². The number of rotatable bonds is 23. The van der Waals surface area contributed by atoms with Crippen LogP contribution in [0.5, 0.6) is 0 Å². The van der Waals surface area contributed by atoms with Crippen molar-refractivity contribution < 1.29 is 19.1 Å². The van der Waals surface area contributed by atoms with E-state index in [-0.39, 0.29) is 17.8 Å². The minimum atomic E-state index is -0.647. The van der Waals surface area contributed by atoms with Crippen molar-refractivity contribution in [3.63, 3.8) is 0 Å². The molecule has 202 valence electrons. The maximum Gasteiger partial charge on any atom is 0.407 e. The average Bonchev–Trinajstić information content (AvgIpc) is 2.82. The summed E-state index contributed by atoms with van der Waals surface area (Å²) in [7, 11) is 0. The zero-order chi connectivity index (χ0) is 25.4. The molecule has 0 aromatic rings. The van der Waals surface area contributed by atoms with E-state index in [1.807, 2.05) is 27.7 Å². The lowest BCUT2D eigenvalue weighted by Gasteiger charge is -2.22. The van der Waals surface area contributed by atoms with Gasteiger partial charge in [-0.05, 0) is 18.3 Å². The van der Waals surface area contributed by atoms with Gasteiger partial charge in [-0.1, -0.05) is 137 Å². The van der Waals surface area contributed by atoms with Crippen LogP contribution in [0.15, 0.2) is 0 Å². The largest absolute Gasteiger partial charge is 0.464 e. The van der Waals surface area contributed by atoms with Gasteiger partial charge in [-0.2, -0.15) is 0 Å². The summed E-state index contributed by atoms with van der Waals surface area (Å²) in [5.41, 5.74) is 0. The highest BCUT2D eigenvalue weighted by atomic mass is 16.6. The Kier molecular flexibility index (Phi) is 22.6. The second kappa shape index (κ2) is 23.5. The summed E-state index contributed by atoms with van der Waals surface area (Å²) in [5, 5.41) is 2.69. The van der Waals surface area contributed by atoms with Gasteiger partial charge < -0.3 is 14.8 Å². The smallest absolute Gasteiger partial charge is 0.407 e. The summed E-state index contributed by atoms with van der Waals surface area (Å²) < 4.78 is 10.6. The lowest BCUT2D eigenvalue weighted by Crippen LogP contribution is -2.46. The molecule has 1 amide bonds. The Morgan fingerprint density at radius 3 is 1.50 bits per heavy atom. The second-order valence-electron chi connectivity index (χ2n) is 10.5. The molecule has 0 aliphatic carbocycles. The number of nitrogens with one attached hydrogen (secondary N) is 1. The fourth-order valence-electron chi connectivity index (χ4n) is 3.99. The molecule has 0 saturated heterocycles. The first-order valence-electron chi connectivity index (χ1n) is 14.5. The number of unbranched alkanes of at least 4 members (excludes halogenated alkanes) is 15. The Labute approximate surface area is 211 Å². The van der Waals surface area contributed by atoms with Crippen LogP contribution < -0.4 is 5.32 Å². The van der Waals surface area contributed by atoms with Crippen molar-refractivity contribution >= 4 is 12.1 Å². The molecule has 2 atom stereocenters. The number of alkyl carbamates (subject to hydrolysis) is 1. The minimum Gasteiger partial charge on any atom is -0.464 e. The number of carbonyl (C=O) groups is 2. The van der Waals surface area contributed by atoms with Gasteiger partial charge in [0.25, 0.3) is 0 Å². The number of esters is 1. The predicted octanol–water partition coefficient (Wildman–Crippen LogP) is 8.59. The van der Waals surface area contributed by atoms with E-state index in [4.69, 9.17) is 9.47 Å². The lowest BCUT2D eigenvalue weighted by atomic mass is 9.99. The molecule has 0 aliphatic rings. The number of ether oxygens (including phenoxy) is 2.